The highest BCUT2D eigenvalue weighted by atomic mass is 16.5. The van der Waals surface area contributed by atoms with E-state index in [9.17, 15) is 0 Å². The molecular weight excluding hydrogens is 144 g/mol. The minimum atomic E-state index is 0.185. The number of ether oxygens (including phenoxy) is 1. The molecule has 0 radical (unpaired) electrons. The van der Waals surface area contributed by atoms with Crippen LogP contribution in [0.2, 0.25) is 0 Å². The Labute approximate surface area is 64.4 Å². The second-order valence-electron chi connectivity index (χ2n) is 1.96. The smallest absolute Gasteiger partial charge is 0.223 e. The first-order valence-corrected chi connectivity index (χ1v) is 3.13. The van der Waals surface area contributed by atoms with E-state index in [1.54, 1.807) is 6.07 Å². The standard InChI is InChI=1S/C6H10N4O/c1-11-5-2-4(3-7)9-6(8)10-5/h2H,3,7H2,1H3,(H2,8,9,10). The molecular formula is C6H10N4O. The lowest BCUT2D eigenvalue weighted by Gasteiger charge is -2.01. The maximum atomic E-state index is 5.35. The summed E-state index contributed by atoms with van der Waals surface area (Å²) in [6.45, 7) is 0.336. The Hall–Kier alpha value is -1.36. The van der Waals surface area contributed by atoms with Crippen molar-refractivity contribution in [2.24, 2.45) is 5.73 Å². The second kappa shape index (κ2) is 3.16. The van der Waals surface area contributed by atoms with Gasteiger partial charge >= 0.3 is 0 Å². The topological polar surface area (TPSA) is 87.0 Å². The summed E-state index contributed by atoms with van der Waals surface area (Å²) in [7, 11) is 1.52. The van der Waals surface area contributed by atoms with Crippen LogP contribution in [-0.4, -0.2) is 17.1 Å². The molecule has 11 heavy (non-hydrogen) atoms. The Balaban J connectivity index is 3.02. The van der Waals surface area contributed by atoms with Crippen molar-refractivity contribution in [3.63, 3.8) is 0 Å². The zero-order valence-corrected chi connectivity index (χ0v) is 6.24. The van der Waals surface area contributed by atoms with Crippen LogP contribution < -0.4 is 16.2 Å². The summed E-state index contributed by atoms with van der Waals surface area (Å²) in [5.74, 6) is 0.628. The number of hydrogen-bond acceptors (Lipinski definition) is 5. The molecule has 5 nitrogen and oxygen atoms in total. The molecule has 0 aliphatic carbocycles. The van der Waals surface area contributed by atoms with Crippen molar-refractivity contribution in [3.05, 3.63) is 11.8 Å². The van der Waals surface area contributed by atoms with E-state index in [2.05, 4.69) is 9.97 Å². The number of methoxy groups -OCH3 is 1. The Bertz CT molecular complexity index is 228. The van der Waals surface area contributed by atoms with Gasteiger partial charge in [0, 0.05) is 12.6 Å². The fraction of sp³-hybridized carbons (Fsp3) is 0.333. The van der Waals surface area contributed by atoms with Crippen LogP contribution in [0.5, 0.6) is 5.88 Å². The summed E-state index contributed by atoms with van der Waals surface area (Å²) in [5.41, 5.74) is 11.4. The van der Waals surface area contributed by atoms with Gasteiger partial charge in [0.25, 0.3) is 0 Å². The van der Waals surface area contributed by atoms with Crippen molar-refractivity contribution in [2.45, 2.75) is 6.54 Å². The Kier molecular flexibility index (Phi) is 2.22. The number of rotatable bonds is 2. The first kappa shape index (κ1) is 7.74. The molecule has 1 aromatic heterocycles. The SMILES string of the molecule is COc1cc(CN)nc(N)n1. The minimum absolute atomic E-state index is 0.185. The number of nitrogens with zero attached hydrogens (tertiary/aromatic N) is 2. The van der Waals surface area contributed by atoms with Crippen LogP contribution in [0.4, 0.5) is 5.95 Å². The number of hydrogen-bond donors (Lipinski definition) is 2. The summed E-state index contributed by atoms with van der Waals surface area (Å²) >= 11 is 0. The second-order valence-corrected chi connectivity index (χ2v) is 1.96. The fourth-order valence-electron chi connectivity index (χ4n) is 0.701. The van der Waals surface area contributed by atoms with Gasteiger partial charge in [0.05, 0.1) is 12.8 Å². The number of nitrogen functional groups attached to an aromatic ring is 1. The predicted molar refractivity (Wildman–Crippen MR) is 40.9 cm³/mol. The van der Waals surface area contributed by atoms with Crippen molar-refractivity contribution in [1.29, 1.82) is 0 Å². The quantitative estimate of drug-likeness (QED) is 0.601. The third-order valence-electron chi connectivity index (χ3n) is 1.19. The van der Waals surface area contributed by atoms with Gasteiger partial charge in [-0.15, -0.1) is 0 Å². The third-order valence-corrected chi connectivity index (χ3v) is 1.19. The van der Waals surface area contributed by atoms with E-state index in [1.165, 1.54) is 7.11 Å². The normalized spacial score (nSPS) is 9.64. The average molecular weight is 154 g/mol. The number of aromatic nitrogens is 2. The molecule has 0 aliphatic rings. The highest BCUT2D eigenvalue weighted by molar-refractivity contribution is 5.25. The highest BCUT2D eigenvalue weighted by Crippen LogP contribution is 2.08. The van der Waals surface area contributed by atoms with E-state index in [4.69, 9.17) is 16.2 Å². The molecule has 1 heterocycles. The van der Waals surface area contributed by atoms with Gasteiger partial charge in [-0.25, -0.2) is 4.98 Å². The van der Waals surface area contributed by atoms with Crippen LogP contribution in [0.15, 0.2) is 6.07 Å². The Morgan fingerprint density at radius 2 is 2.27 bits per heavy atom. The Morgan fingerprint density at radius 3 is 2.82 bits per heavy atom. The monoisotopic (exact) mass is 154 g/mol. The first-order valence-electron chi connectivity index (χ1n) is 3.13. The molecule has 0 aromatic carbocycles. The van der Waals surface area contributed by atoms with Crippen LogP contribution in [0.3, 0.4) is 0 Å². The van der Waals surface area contributed by atoms with E-state index in [-0.39, 0.29) is 5.95 Å². The summed E-state index contributed by atoms with van der Waals surface area (Å²) in [6.07, 6.45) is 0. The minimum Gasteiger partial charge on any atom is -0.481 e. The van der Waals surface area contributed by atoms with Crippen molar-refractivity contribution in [2.75, 3.05) is 12.8 Å². The largest absolute Gasteiger partial charge is 0.481 e. The zero-order valence-electron chi connectivity index (χ0n) is 6.24. The van der Waals surface area contributed by atoms with Crippen LogP contribution in [0.1, 0.15) is 5.69 Å². The molecule has 0 aliphatic heterocycles. The van der Waals surface area contributed by atoms with E-state index in [0.717, 1.165) is 0 Å². The molecule has 0 saturated heterocycles. The molecule has 0 spiro atoms. The molecule has 60 valence electrons. The lowest BCUT2D eigenvalue weighted by molar-refractivity contribution is 0.397. The molecule has 5 heteroatoms. The van der Waals surface area contributed by atoms with Gasteiger partial charge in [-0.1, -0.05) is 0 Å². The van der Waals surface area contributed by atoms with Crippen molar-refractivity contribution < 1.29 is 4.74 Å². The zero-order chi connectivity index (χ0) is 8.27. The molecule has 1 aromatic rings. The molecule has 0 saturated carbocycles. The fourth-order valence-corrected chi connectivity index (χ4v) is 0.701. The maximum absolute atomic E-state index is 5.35. The van der Waals surface area contributed by atoms with Crippen LogP contribution in [0.25, 0.3) is 0 Å². The molecule has 0 unspecified atom stereocenters. The number of anilines is 1. The van der Waals surface area contributed by atoms with Crippen molar-refractivity contribution in [3.8, 4) is 5.88 Å². The van der Waals surface area contributed by atoms with Crippen molar-refractivity contribution in [1.82, 2.24) is 9.97 Å². The molecule has 1 rings (SSSR count). The van der Waals surface area contributed by atoms with Crippen LogP contribution in [-0.2, 0) is 6.54 Å². The van der Waals surface area contributed by atoms with Gasteiger partial charge in [0.15, 0.2) is 0 Å². The van der Waals surface area contributed by atoms with E-state index in [0.29, 0.717) is 18.1 Å². The van der Waals surface area contributed by atoms with Gasteiger partial charge in [0.2, 0.25) is 11.8 Å². The summed E-state index contributed by atoms with van der Waals surface area (Å²) in [6, 6.07) is 1.65. The van der Waals surface area contributed by atoms with Gasteiger partial charge in [-0.2, -0.15) is 4.98 Å². The maximum Gasteiger partial charge on any atom is 0.223 e. The van der Waals surface area contributed by atoms with Crippen molar-refractivity contribution >= 4 is 5.95 Å². The third kappa shape index (κ3) is 1.78. The molecule has 0 atom stereocenters. The molecule has 0 bridgehead atoms. The average Bonchev–Trinajstić information content (AvgIpc) is 2.03. The molecule has 0 amide bonds. The van der Waals surface area contributed by atoms with Crippen LogP contribution in [0, 0.1) is 0 Å². The van der Waals surface area contributed by atoms with Gasteiger partial charge in [0.1, 0.15) is 0 Å². The lowest BCUT2D eigenvalue weighted by Crippen LogP contribution is -2.05. The Morgan fingerprint density at radius 1 is 1.55 bits per heavy atom. The molecule has 0 fully saturated rings. The summed E-state index contributed by atoms with van der Waals surface area (Å²) in [5, 5.41) is 0. The van der Waals surface area contributed by atoms with E-state index < -0.39 is 0 Å². The van der Waals surface area contributed by atoms with E-state index in [1.807, 2.05) is 0 Å². The van der Waals surface area contributed by atoms with E-state index >= 15 is 0 Å². The molecule has 4 N–H and O–H groups in total. The lowest BCUT2D eigenvalue weighted by atomic mass is 10.4. The van der Waals surface area contributed by atoms with Gasteiger partial charge in [-0.05, 0) is 0 Å². The first-order chi connectivity index (χ1) is 5.26. The predicted octanol–water partition coefficient (Wildman–Crippen LogP) is -0.474. The van der Waals surface area contributed by atoms with Crippen LogP contribution >= 0.6 is 0 Å². The number of nitrogens with two attached hydrogens (primary N) is 2. The summed E-state index contributed by atoms with van der Waals surface area (Å²) in [4.78, 5) is 7.65. The van der Waals surface area contributed by atoms with Gasteiger partial charge < -0.3 is 16.2 Å². The highest BCUT2D eigenvalue weighted by Gasteiger charge is 1.99. The van der Waals surface area contributed by atoms with Gasteiger partial charge in [-0.3, -0.25) is 0 Å². The summed E-state index contributed by atoms with van der Waals surface area (Å²) < 4.78 is 4.85.